The van der Waals surface area contributed by atoms with Crippen LogP contribution in [0.3, 0.4) is 0 Å². The highest BCUT2D eigenvalue weighted by molar-refractivity contribution is 7.20. The van der Waals surface area contributed by atoms with Crippen LogP contribution in [0.2, 0.25) is 0 Å². The molecule has 4 aromatic rings. The summed E-state index contributed by atoms with van der Waals surface area (Å²) in [4.78, 5) is 26.0. The Labute approximate surface area is 173 Å². The van der Waals surface area contributed by atoms with Crippen molar-refractivity contribution in [1.82, 2.24) is 20.2 Å². The molecular formula is C23H22N4OS. The number of likely N-dealkylation sites (tertiary alicyclic amines) is 1. The van der Waals surface area contributed by atoms with E-state index < -0.39 is 0 Å². The van der Waals surface area contributed by atoms with E-state index >= 15 is 0 Å². The summed E-state index contributed by atoms with van der Waals surface area (Å²) in [6, 6.07) is 16.5. The predicted molar refractivity (Wildman–Crippen MR) is 117 cm³/mol. The minimum absolute atomic E-state index is 0.0161. The van der Waals surface area contributed by atoms with Gasteiger partial charge in [-0.3, -0.25) is 14.7 Å². The Morgan fingerprint density at radius 2 is 2.10 bits per heavy atom. The molecule has 1 amide bonds. The van der Waals surface area contributed by atoms with Gasteiger partial charge in [-0.1, -0.05) is 30.3 Å². The lowest BCUT2D eigenvalue weighted by molar-refractivity contribution is 0.0966. The largest absolute Gasteiger partial charge is 0.354 e. The van der Waals surface area contributed by atoms with E-state index in [-0.39, 0.29) is 5.91 Å². The van der Waals surface area contributed by atoms with E-state index in [1.54, 1.807) is 13.2 Å². The first-order valence-electron chi connectivity index (χ1n) is 9.89. The number of nitrogens with one attached hydrogen (secondary N) is 1. The Morgan fingerprint density at radius 1 is 1.21 bits per heavy atom. The van der Waals surface area contributed by atoms with Gasteiger partial charge in [-0.2, -0.15) is 0 Å². The molecule has 1 unspecified atom stereocenters. The van der Waals surface area contributed by atoms with Crippen LogP contribution >= 0.6 is 11.3 Å². The number of aromatic nitrogens is 2. The lowest BCUT2D eigenvalue weighted by Gasteiger charge is -2.16. The van der Waals surface area contributed by atoms with Gasteiger partial charge in [-0.05, 0) is 36.7 Å². The minimum Gasteiger partial charge on any atom is -0.354 e. The number of carbonyl (C=O) groups excluding carboxylic acids is 1. The van der Waals surface area contributed by atoms with E-state index in [2.05, 4.69) is 45.5 Å². The van der Waals surface area contributed by atoms with Gasteiger partial charge in [0.25, 0.3) is 5.91 Å². The second kappa shape index (κ2) is 7.54. The molecule has 0 spiro atoms. The van der Waals surface area contributed by atoms with Crippen molar-refractivity contribution in [2.75, 3.05) is 20.1 Å². The molecule has 0 bridgehead atoms. The number of benzene rings is 1. The third-order valence-corrected chi connectivity index (χ3v) is 6.79. The van der Waals surface area contributed by atoms with Crippen LogP contribution in [0.1, 0.15) is 33.3 Å². The molecule has 29 heavy (non-hydrogen) atoms. The Kier molecular flexibility index (Phi) is 4.73. The monoisotopic (exact) mass is 402 g/mol. The van der Waals surface area contributed by atoms with E-state index in [9.17, 15) is 4.79 Å². The number of fused-ring (bicyclic) bond motifs is 2. The van der Waals surface area contributed by atoms with Crippen molar-refractivity contribution >= 4 is 38.4 Å². The van der Waals surface area contributed by atoms with Gasteiger partial charge in [-0.25, -0.2) is 4.98 Å². The zero-order chi connectivity index (χ0) is 19.8. The maximum Gasteiger partial charge on any atom is 0.261 e. The number of amides is 1. The molecule has 5 nitrogen and oxygen atoms in total. The Balaban J connectivity index is 1.41. The summed E-state index contributed by atoms with van der Waals surface area (Å²) in [5, 5.41) is 5.08. The van der Waals surface area contributed by atoms with Crippen molar-refractivity contribution in [2.45, 2.75) is 18.9 Å². The third kappa shape index (κ3) is 3.39. The highest BCUT2D eigenvalue weighted by atomic mass is 32.1. The highest BCUT2D eigenvalue weighted by Crippen LogP contribution is 2.39. The van der Waals surface area contributed by atoms with Gasteiger partial charge in [0.2, 0.25) is 0 Å². The first-order chi connectivity index (χ1) is 14.2. The van der Waals surface area contributed by atoms with Crippen molar-refractivity contribution in [3.8, 4) is 0 Å². The molecule has 146 valence electrons. The van der Waals surface area contributed by atoms with E-state index in [0.29, 0.717) is 5.92 Å². The Morgan fingerprint density at radius 3 is 3.00 bits per heavy atom. The second-order valence-electron chi connectivity index (χ2n) is 7.50. The molecule has 1 aliphatic heterocycles. The molecule has 1 fully saturated rings. The summed E-state index contributed by atoms with van der Waals surface area (Å²) in [7, 11) is 1.69. The molecule has 1 aromatic carbocycles. The summed E-state index contributed by atoms with van der Waals surface area (Å²) in [5.41, 5.74) is 3.29. The average molecular weight is 403 g/mol. The van der Waals surface area contributed by atoms with Crippen LogP contribution in [0.15, 0.2) is 54.7 Å². The van der Waals surface area contributed by atoms with Gasteiger partial charge in [-0.15, -0.1) is 11.3 Å². The van der Waals surface area contributed by atoms with Crippen molar-refractivity contribution in [2.24, 2.45) is 0 Å². The van der Waals surface area contributed by atoms with Gasteiger partial charge in [0.1, 0.15) is 4.83 Å². The van der Waals surface area contributed by atoms with Crippen molar-refractivity contribution in [3.63, 3.8) is 0 Å². The lowest BCUT2D eigenvalue weighted by Crippen LogP contribution is -2.22. The van der Waals surface area contributed by atoms with E-state index in [4.69, 9.17) is 4.98 Å². The molecule has 1 N–H and O–H groups in total. The fourth-order valence-electron chi connectivity index (χ4n) is 4.28. The summed E-state index contributed by atoms with van der Waals surface area (Å²) in [6.07, 6.45) is 2.83. The van der Waals surface area contributed by atoms with Crippen molar-refractivity contribution in [3.05, 3.63) is 70.9 Å². The summed E-state index contributed by atoms with van der Waals surface area (Å²) in [5.74, 6) is 0.318. The summed E-state index contributed by atoms with van der Waals surface area (Å²) in [6.45, 7) is 2.76. The Hall–Kier alpha value is -2.83. The number of para-hydroxylation sites is 1. The fourth-order valence-corrected chi connectivity index (χ4v) is 5.45. The number of carbonyl (C=O) groups is 1. The standard InChI is InChI=1S/C23H22N4OS/c1-24-22(28)21-20(18-6-4-11-25-23(18)29-21)16-10-12-27(13-16)14-17-9-8-15-5-2-3-7-19(15)26-17/h2-9,11,16H,10,12-14H2,1H3,(H,24,28). The van der Waals surface area contributed by atoms with E-state index in [0.717, 1.165) is 57.9 Å². The van der Waals surface area contributed by atoms with Gasteiger partial charge < -0.3 is 5.32 Å². The number of hydrogen-bond acceptors (Lipinski definition) is 5. The topological polar surface area (TPSA) is 58.1 Å². The number of hydrogen-bond donors (Lipinski definition) is 1. The smallest absolute Gasteiger partial charge is 0.261 e. The number of rotatable bonds is 4. The van der Waals surface area contributed by atoms with Crippen LogP contribution in [-0.4, -0.2) is 40.9 Å². The highest BCUT2D eigenvalue weighted by Gasteiger charge is 2.30. The second-order valence-corrected chi connectivity index (χ2v) is 8.50. The first kappa shape index (κ1) is 18.2. The number of nitrogens with zero attached hydrogens (tertiary/aromatic N) is 3. The third-order valence-electron chi connectivity index (χ3n) is 5.66. The van der Waals surface area contributed by atoms with Crippen LogP contribution in [0.5, 0.6) is 0 Å². The molecule has 0 radical (unpaired) electrons. The number of thiophene rings is 1. The molecule has 5 rings (SSSR count). The van der Waals surface area contributed by atoms with E-state index in [1.165, 1.54) is 16.7 Å². The molecule has 0 aliphatic carbocycles. The normalized spacial score (nSPS) is 17.2. The lowest BCUT2D eigenvalue weighted by atomic mass is 9.95. The van der Waals surface area contributed by atoms with Gasteiger partial charge in [0.15, 0.2) is 0 Å². The maximum absolute atomic E-state index is 12.5. The summed E-state index contributed by atoms with van der Waals surface area (Å²) < 4.78 is 0. The fraction of sp³-hybridized carbons (Fsp3) is 0.261. The predicted octanol–water partition coefficient (Wildman–Crippen LogP) is 4.19. The van der Waals surface area contributed by atoms with E-state index in [1.807, 2.05) is 18.2 Å². The molecule has 0 saturated carbocycles. The van der Waals surface area contributed by atoms with Gasteiger partial charge in [0.05, 0.1) is 16.1 Å². The molecule has 4 heterocycles. The van der Waals surface area contributed by atoms with Gasteiger partial charge >= 0.3 is 0 Å². The molecular weight excluding hydrogens is 380 g/mol. The van der Waals surface area contributed by atoms with Gasteiger partial charge in [0, 0.05) is 43.0 Å². The molecule has 6 heteroatoms. The zero-order valence-corrected chi connectivity index (χ0v) is 17.1. The molecule has 3 aromatic heterocycles. The minimum atomic E-state index is -0.0161. The van der Waals surface area contributed by atoms with Crippen LogP contribution in [0.4, 0.5) is 0 Å². The Bertz CT molecular complexity index is 1200. The molecule has 1 atom stereocenters. The maximum atomic E-state index is 12.5. The average Bonchev–Trinajstić information content (AvgIpc) is 3.37. The van der Waals surface area contributed by atoms with Crippen molar-refractivity contribution in [1.29, 1.82) is 0 Å². The van der Waals surface area contributed by atoms with Crippen LogP contribution < -0.4 is 5.32 Å². The van der Waals surface area contributed by atoms with Crippen LogP contribution in [-0.2, 0) is 6.54 Å². The van der Waals surface area contributed by atoms with Crippen molar-refractivity contribution < 1.29 is 4.79 Å². The molecule has 1 saturated heterocycles. The zero-order valence-electron chi connectivity index (χ0n) is 16.3. The SMILES string of the molecule is CNC(=O)c1sc2ncccc2c1C1CCN(Cc2ccc3ccccc3n2)C1. The summed E-state index contributed by atoms with van der Waals surface area (Å²) >= 11 is 1.50. The molecule has 1 aliphatic rings. The number of pyridine rings is 2. The van der Waals surface area contributed by atoms with Crippen LogP contribution in [0, 0.1) is 0 Å². The first-order valence-corrected chi connectivity index (χ1v) is 10.7. The van der Waals surface area contributed by atoms with Crippen LogP contribution in [0.25, 0.3) is 21.1 Å². The quantitative estimate of drug-likeness (QED) is 0.556.